The predicted octanol–water partition coefficient (Wildman–Crippen LogP) is 0.405. The van der Waals surface area contributed by atoms with Crippen LogP contribution in [0.25, 0.3) is 0 Å². The molecule has 1 aliphatic rings. The molecule has 56 valence electrons. The summed E-state index contributed by atoms with van der Waals surface area (Å²) in [6, 6.07) is 6.30. The summed E-state index contributed by atoms with van der Waals surface area (Å²) in [5.41, 5.74) is 9.49. The number of rotatable bonds is 1. The third kappa shape index (κ3) is 1.25. The Labute approximate surface area is 68.0 Å². The van der Waals surface area contributed by atoms with Gasteiger partial charge in [0.1, 0.15) is 7.85 Å². The summed E-state index contributed by atoms with van der Waals surface area (Å²) < 4.78 is 0. The Balaban J connectivity index is 2.42. The molecule has 1 saturated carbocycles. The van der Waals surface area contributed by atoms with Crippen LogP contribution in [0.15, 0.2) is 18.2 Å². The summed E-state index contributed by atoms with van der Waals surface area (Å²) in [5.74, 6) is 0.773. The monoisotopic (exact) mass is 145 g/mol. The minimum absolute atomic E-state index is 0.773. The summed E-state index contributed by atoms with van der Waals surface area (Å²) >= 11 is 0. The Morgan fingerprint density at radius 2 is 2.09 bits per heavy atom. The van der Waals surface area contributed by atoms with Gasteiger partial charge in [-0.15, -0.1) is 0 Å². The average Bonchev–Trinajstić information content (AvgIpc) is 2.76. The fourth-order valence-electron chi connectivity index (χ4n) is 1.44. The lowest BCUT2D eigenvalue weighted by atomic mass is 9.92. The van der Waals surface area contributed by atoms with Crippen molar-refractivity contribution in [2.75, 3.05) is 5.73 Å². The van der Waals surface area contributed by atoms with E-state index in [-0.39, 0.29) is 0 Å². The maximum absolute atomic E-state index is 5.83. The molecule has 1 aromatic rings. The normalized spacial score (nSPS) is 16.7. The van der Waals surface area contributed by atoms with E-state index in [1.165, 1.54) is 23.9 Å². The van der Waals surface area contributed by atoms with Gasteiger partial charge >= 0.3 is 0 Å². The van der Waals surface area contributed by atoms with E-state index >= 15 is 0 Å². The number of hydrogen-bond donors (Lipinski definition) is 1. The van der Waals surface area contributed by atoms with Crippen LogP contribution in [0.3, 0.4) is 0 Å². The SMILES string of the molecule is Bc1ccc(N)c(C2CC2)c1. The molecular weight excluding hydrogens is 133 g/mol. The van der Waals surface area contributed by atoms with Crippen molar-refractivity contribution in [2.24, 2.45) is 0 Å². The van der Waals surface area contributed by atoms with Gasteiger partial charge in [0, 0.05) is 5.69 Å². The maximum atomic E-state index is 5.83. The van der Waals surface area contributed by atoms with Crippen molar-refractivity contribution in [3.63, 3.8) is 0 Å². The second-order valence-electron chi connectivity index (χ2n) is 3.41. The van der Waals surface area contributed by atoms with Gasteiger partial charge in [-0.05, 0) is 30.4 Å². The van der Waals surface area contributed by atoms with Gasteiger partial charge in [0.25, 0.3) is 0 Å². The summed E-state index contributed by atoms with van der Waals surface area (Å²) in [4.78, 5) is 0. The van der Waals surface area contributed by atoms with E-state index in [2.05, 4.69) is 20.0 Å². The molecule has 0 amide bonds. The van der Waals surface area contributed by atoms with Crippen molar-refractivity contribution in [1.82, 2.24) is 0 Å². The Bertz CT molecular complexity index is 279. The number of hydrogen-bond acceptors (Lipinski definition) is 1. The molecule has 0 radical (unpaired) electrons. The second kappa shape index (κ2) is 2.30. The van der Waals surface area contributed by atoms with Crippen LogP contribution in [0.1, 0.15) is 24.3 Å². The zero-order valence-corrected chi connectivity index (χ0v) is 6.80. The van der Waals surface area contributed by atoms with Crippen molar-refractivity contribution in [1.29, 1.82) is 0 Å². The van der Waals surface area contributed by atoms with Crippen molar-refractivity contribution in [3.8, 4) is 0 Å². The fraction of sp³-hybridized carbons (Fsp3) is 0.333. The van der Waals surface area contributed by atoms with E-state index in [0.717, 1.165) is 11.6 Å². The molecule has 1 fully saturated rings. The molecule has 0 heterocycles. The zero-order chi connectivity index (χ0) is 7.84. The molecule has 0 bridgehead atoms. The third-order valence-corrected chi connectivity index (χ3v) is 2.26. The quantitative estimate of drug-likeness (QED) is 0.449. The first kappa shape index (κ1) is 6.77. The summed E-state index contributed by atoms with van der Waals surface area (Å²) in [5, 5.41) is 0. The van der Waals surface area contributed by atoms with Gasteiger partial charge in [0.15, 0.2) is 0 Å². The van der Waals surface area contributed by atoms with E-state index in [0.29, 0.717) is 0 Å². The number of nitrogens with two attached hydrogens (primary N) is 1. The molecule has 2 heteroatoms. The van der Waals surface area contributed by atoms with Crippen molar-refractivity contribution in [2.45, 2.75) is 18.8 Å². The van der Waals surface area contributed by atoms with Crippen LogP contribution in [-0.2, 0) is 0 Å². The first-order chi connectivity index (χ1) is 5.27. The topological polar surface area (TPSA) is 26.0 Å². The van der Waals surface area contributed by atoms with Gasteiger partial charge in [0.2, 0.25) is 0 Å². The number of nitrogen functional groups attached to an aromatic ring is 1. The van der Waals surface area contributed by atoms with Crippen molar-refractivity contribution < 1.29 is 0 Å². The molecule has 0 aromatic heterocycles. The minimum Gasteiger partial charge on any atom is -0.398 e. The number of benzene rings is 1. The van der Waals surface area contributed by atoms with E-state index < -0.39 is 0 Å². The maximum Gasteiger partial charge on any atom is 0.139 e. The van der Waals surface area contributed by atoms with Crippen LogP contribution in [0, 0.1) is 0 Å². The molecule has 1 aromatic carbocycles. The van der Waals surface area contributed by atoms with Gasteiger partial charge in [-0.2, -0.15) is 0 Å². The average molecular weight is 145 g/mol. The molecular formula is C9H12BN. The van der Waals surface area contributed by atoms with Gasteiger partial charge in [0.05, 0.1) is 0 Å². The second-order valence-corrected chi connectivity index (χ2v) is 3.41. The first-order valence-electron chi connectivity index (χ1n) is 4.13. The van der Waals surface area contributed by atoms with Crippen LogP contribution in [0.5, 0.6) is 0 Å². The van der Waals surface area contributed by atoms with E-state index in [9.17, 15) is 0 Å². The van der Waals surface area contributed by atoms with Crippen LogP contribution in [0.2, 0.25) is 0 Å². The van der Waals surface area contributed by atoms with Crippen LogP contribution >= 0.6 is 0 Å². The smallest absolute Gasteiger partial charge is 0.139 e. The zero-order valence-electron chi connectivity index (χ0n) is 6.80. The highest BCUT2D eigenvalue weighted by molar-refractivity contribution is 6.32. The summed E-state index contributed by atoms with van der Waals surface area (Å²) in [7, 11) is 2.12. The Kier molecular flexibility index (Phi) is 1.41. The Morgan fingerprint density at radius 1 is 1.36 bits per heavy atom. The lowest BCUT2D eigenvalue weighted by Gasteiger charge is -2.03. The lowest BCUT2D eigenvalue weighted by Crippen LogP contribution is -2.04. The largest absolute Gasteiger partial charge is 0.398 e. The third-order valence-electron chi connectivity index (χ3n) is 2.26. The molecule has 11 heavy (non-hydrogen) atoms. The van der Waals surface area contributed by atoms with Gasteiger partial charge in [-0.3, -0.25) is 0 Å². The summed E-state index contributed by atoms with van der Waals surface area (Å²) in [6.07, 6.45) is 2.65. The standard InChI is InChI=1S/C9H12BN/c10-7-3-4-9(11)8(5-7)6-1-2-6/h3-6H,1-2,10-11H2. The first-order valence-corrected chi connectivity index (χ1v) is 4.13. The number of anilines is 1. The van der Waals surface area contributed by atoms with E-state index in [1.54, 1.807) is 0 Å². The highest BCUT2D eigenvalue weighted by Gasteiger charge is 2.25. The van der Waals surface area contributed by atoms with Gasteiger partial charge in [-0.25, -0.2) is 0 Å². The Hall–Kier alpha value is -0.915. The molecule has 2 rings (SSSR count). The van der Waals surface area contributed by atoms with E-state index in [4.69, 9.17) is 5.73 Å². The lowest BCUT2D eigenvalue weighted by molar-refractivity contribution is 1.14. The van der Waals surface area contributed by atoms with Crippen LogP contribution < -0.4 is 11.2 Å². The van der Waals surface area contributed by atoms with Crippen molar-refractivity contribution >= 4 is 19.0 Å². The molecule has 0 spiro atoms. The fourth-order valence-corrected chi connectivity index (χ4v) is 1.44. The molecule has 0 aliphatic heterocycles. The molecule has 0 saturated heterocycles. The van der Waals surface area contributed by atoms with Gasteiger partial charge < -0.3 is 5.73 Å². The molecule has 1 nitrogen and oxygen atoms in total. The molecule has 1 aliphatic carbocycles. The molecule has 0 unspecified atom stereocenters. The van der Waals surface area contributed by atoms with Crippen LogP contribution in [-0.4, -0.2) is 7.85 Å². The highest BCUT2D eigenvalue weighted by atomic mass is 14.6. The predicted molar refractivity (Wildman–Crippen MR) is 51.0 cm³/mol. The van der Waals surface area contributed by atoms with Gasteiger partial charge in [-0.1, -0.05) is 17.6 Å². The van der Waals surface area contributed by atoms with Crippen LogP contribution in [0.4, 0.5) is 5.69 Å². The highest BCUT2D eigenvalue weighted by Crippen LogP contribution is 2.41. The van der Waals surface area contributed by atoms with Crippen molar-refractivity contribution in [3.05, 3.63) is 23.8 Å². The molecule has 2 N–H and O–H groups in total. The molecule has 0 atom stereocenters. The summed E-state index contributed by atoms with van der Waals surface area (Å²) in [6.45, 7) is 0. The van der Waals surface area contributed by atoms with E-state index in [1.807, 2.05) is 6.07 Å². The minimum atomic E-state index is 0.773. The Morgan fingerprint density at radius 3 is 2.73 bits per heavy atom.